The van der Waals surface area contributed by atoms with Crippen LogP contribution in [0.5, 0.6) is 0 Å². The number of furan rings is 1. The lowest BCUT2D eigenvalue weighted by atomic mass is 10.0. The Balaban J connectivity index is 0.000000206. The Bertz CT molecular complexity index is 3670. The standard InChI is InChI=1S/C40H26N4O.C15H12N2S/c1-25-22-23-34-31(24-25)37-30(18-11-21-35(37)45-34)40-42-38(26-12-4-2-5-13-26)41-39(43-40)29-17-10-20-33-36(29)28-16-8-9-19-32(28)44(33)27-14-6-3-7-15-27;16-13(10-6-2-1-3-7-10)15-14(17)11-8-4-5-9-12(11)18-15/h2-24H,1H3;1-9,16H,17H2. The number of thiophene rings is 1. The number of rotatable bonds is 6. The van der Waals surface area contributed by atoms with E-state index in [9.17, 15) is 0 Å². The van der Waals surface area contributed by atoms with Crippen LogP contribution in [0.2, 0.25) is 0 Å². The number of nitrogens with one attached hydrogen (secondary N) is 1. The zero-order chi connectivity index (χ0) is 42.4. The van der Waals surface area contributed by atoms with Crippen molar-refractivity contribution in [2.75, 3.05) is 5.73 Å². The van der Waals surface area contributed by atoms with Crippen LogP contribution in [0.25, 0.3) is 93.7 Å². The molecule has 0 saturated heterocycles. The fraction of sp³-hybridized carbons (Fsp3) is 0.0182. The largest absolute Gasteiger partial charge is 0.456 e. The molecule has 4 heterocycles. The number of nitrogen functional groups attached to an aromatic ring is 1. The maximum atomic E-state index is 8.27. The molecule has 0 radical (unpaired) electrons. The van der Waals surface area contributed by atoms with Crippen molar-refractivity contribution >= 4 is 76.6 Å². The highest BCUT2D eigenvalue weighted by Gasteiger charge is 2.21. The molecule has 0 unspecified atom stereocenters. The summed E-state index contributed by atoms with van der Waals surface area (Å²) in [5, 5.41) is 13.6. The Morgan fingerprint density at radius 3 is 1.89 bits per heavy atom. The molecule has 8 aromatic carbocycles. The van der Waals surface area contributed by atoms with Gasteiger partial charge in [-0.15, -0.1) is 11.3 Å². The second-order valence-electron chi connectivity index (χ2n) is 15.4. The molecule has 0 amide bonds. The van der Waals surface area contributed by atoms with Crippen LogP contribution in [0, 0.1) is 12.3 Å². The lowest BCUT2D eigenvalue weighted by Crippen LogP contribution is -2.01. The van der Waals surface area contributed by atoms with E-state index in [0.717, 1.165) is 86.6 Å². The normalized spacial score (nSPS) is 11.4. The number of nitrogens with zero attached hydrogens (tertiary/aromatic N) is 4. The Morgan fingerprint density at radius 1 is 0.540 bits per heavy atom. The lowest BCUT2D eigenvalue weighted by Gasteiger charge is -2.11. The summed E-state index contributed by atoms with van der Waals surface area (Å²) in [7, 11) is 0. The molecule has 12 rings (SSSR count). The first-order chi connectivity index (χ1) is 31.0. The third-order valence-corrected chi connectivity index (χ3v) is 12.6. The third-order valence-electron chi connectivity index (χ3n) is 11.4. The number of hydrogen-bond donors (Lipinski definition) is 2. The molecule has 0 fully saturated rings. The van der Waals surface area contributed by atoms with Gasteiger partial charge in [-0.1, -0.05) is 151 Å². The highest BCUT2D eigenvalue weighted by atomic mass is 32.1. The molecule has 0 atom stereocenters. The Morgan fingerprint density at radius 2 is 1.14 bits per heavy atom. The molecular weight excluding hydrogens is 793 g/mol. The number of aryl methyl sites for hydroxylation is 1. The first kappa shape index (κ1) is 37.8. The first-order valence-electron chi connectivity index (χ1n) is 20.7. The van der Waals surface area contributed by atoms with Gasteiger partial charge in [0.2, 0.25) is 0 Å². The van der Waals surface area contributed by atoms with E-state index < -0.39 is 0 Å². The molecule has 0 aliphatic rings. The summed E-state index contributed by atoms with van der Waals surface area (Å²) in [6.07, 6.45) is 0. The summed E-state index contributed by atoms with van der Waals surface area (Å²) in [6.45, 7) is 2.10. The van der Waals surface area contributed by atoms with Gasteiger partial charge >= 0.3 is 0 Å². The smallest absolute Gasteiger partial charge is 0.164 e. The molecule has 8 heteroatoms. The fourth-order valence-electron chi connectivity index (χ4n) is 8.51. The quantitative estimate of drug-likeness (QED) is 0.162. The van der Waals surface area contributed by atoms with Gasteiger partial charge in [-0.25, -0.2) is 15.0 Å². The van der Waals surface area contributed by atoms with E-state index >= 15 is 0 Å². The van der Waals surface area contributed by atoms with Gasteiger partial charge in [-0.05, 0) is 55.5 Å². The van der Waals surface area contributed by atoms with Crippen LogP contribution in [0.4, 0.5) is 5.69 Å². The highest BCUT2D eigenvalue weighted by molar-refractivity contribution is 7.21. The molecule has 0 aliphatic heterocycles. The highest BCUT2D eigenvalue weighted by Crippen LogP contribution is 2.40. The number of fused-ring (bicyclic) bond motifs is 7. The van der Waals surface area contributed by atoms with E-state index in [1.165, 1.54) is 5.56 Å². The molecule has 63 heavy (non-hydrogen) atoms. The van der Waals surface area contributed by atoms with Crippen LogP contribution in [0.15, 0.2) is 199 Å². The van der Waals surface area contributed by atoms with Gasteiger partial charge in [0.05, 0.1) is 27.3 Å². The van der Waals surface area contributed by atoms with E-state index in [4.69, 9.17) is 30.5 Å². The molecule has 3 N–H and O–H groups in total. The van der Waals surface area contributed by atoms with Crippen LogP contribution in [-0.2, 0) is 0 Å². The van der Waals surface area contributed by atoms with Gasteiger partial charge in [0.1, 0.15) is 11.2 Å². The molecule has 0 bridgehead atoms. The van der Waals surface area contributed by atoms with Crippen molar-refractivity contribution in [2.45, 2.75) is 6.92 Å². The zero-order valence-electron chi connectivity index (χ0n) is 34.2. The predicted molar refractivity (Wildman–Crippen MR) is 261 cm³/mol. The number of anilines is 1. The number of hydrogen-bond acceptors (Lipinski definition) is 7. The monoisotopic (exact) mass is 830 g/mol. The van der Waals surface area contributed by atoms with Crippen molar-refractivity contribution < 1.29 is 4.42 Å². The summed E-state index contributed by atoms with van der Waals surface area (Å²) < 4.78 is 9.72. The van der Waals surface area contributed by atoms with E-state index in [-0.39, 0.29) is 0 Å². The minimum atomic E-state index is 0.495. The maximum absolute atomic E-state index is 8.27. The van der Waals surface area contributed by atoms with Gasteiger partial charge in [-0.3, -0.25) is 5.41 Å². The number of para-hydroxylation sites is 2. The molecule has 12 aromatic rings. The topological polar surface area (TPSA) is 107 Å². The number of nitrogens with two attached hydrogens (primary N) is 1. The predicted octanol–water partition coefficient (Wildman–Crippen LogP) is 14.1. The summed E-state index contributed by atoms with van der Waals surface area (Å²) in [5.74, 6) is 1.86. The van der Waals surface area contributed by atoms with Crippen LogP contribution in [0.3, 0.4) is 0 Å². The average molecular weight is 831 g/mol. The Labute approximate surface area is 366 Å². The van der Waals surface area contributed by atoms with Crippen LogP contribution < -0.4 is 5.73 Å². The first-order valence-corrected chi connectivity index (χ1v) is 21.5. The van der Waals surface area contributed by atoms with Crippen molar-refractivity contribution in [1.82, 2.24) is 19.5 Å². The lowest BCUT2D eigenvalue weighted by molar-refractivity contribution is 0.669. The van der Waals surface area contributed by atoms with Crippen molar-refractivity contribution in [1.29, 1.82) is 5.41 Å². The summed E-state index contributed by atoms with van der Waals surface area (Å²) in [6, 6.07) is 65.6. The van der Waals surface area contributed by atoms with Gasteiger partial charge in [0.25, 0.3) is 0 Å². The van der Waals surface area contributed by atoms with Gasteiger partial charge in [0.15, 0.2) is 17.5 Å². The molecular formula is C55H38N6OS. The molecule has 300 valence electrons. The Kier molecular flexibility index (Phi) is 9.40. The van der Waals surface area contributed by atoms with Crippen molar-refractivity contribution in [3.63, 3.8) is 0 Å². The van der Waals surface area contributed by atoms with E-state index in [2.05, 4.69) is 96.4 Å². The van der Waals surface area contributed by atoms with E-state index in [1.54, 1.807) is 11.3 Å². The van der Waals surface area contributed by atoms with Gasteiger partial charge < -0.3 is 14.7 Å². The van der Waals surface area contributed by atoms with Crippen molar-refractivity contribution in [3.8, 4) is 39.9 Å². The van der Waals surface area contributed by atoms with E-state index in [1.807, 2.05) is 109 Å². The fourth-order valence-corrected chi connectivity index (χ4v) is 9.60. The summed E-state index contributed by atoms with van der Waals surface area (Å²) in [4.78, 5) is 16.3. The van der Waals surface area contributed by atoms with E-state index in [0.29, 0.717) is 28.9 Å². The average Bonchev–Trinajstić information content (AvgIpc) is 4.01. The van der Waals surface area contributed by atoms with Crippen LogP contribution in [-0.4, -0.2) is 25.2 Å². The SMILES string of the molecule is Cc1ccc2oc3cccc(-c4nc(-c5ccccc5)nc(-c5cccc6c5c5ccccc5n6-c5ccccc5)n4)c3c2c1.N=C(c1ccccc1)c1sc2ccccc2c1N. The second-order valence-corrected chi connectivity index (χ2v) is 16.5. The Hall–Kier alpha value is -8.20. The molecule has 0 saturated carbocycles. The minimum Gasteiger partial charge on any atom is -0.456 e. The van der Waals surface area contributed by atoms with Crippen molar-refractivity contribution in [3.05, 3.63) is 210 Å². The van der Waals surface area contributed by atoms with Gasteiger partial charge in [0, 0.05) is 59.6 Å². The summed E-state index contributed by atoms with van der Waals surface area (Å²) >= 11 is 1.58. The molecule has 0 spiro atoms. The number of benzene rings is 8. The number of aromatic nitrogens is 4. The van der Waals surface area contributed by atoms with Gasteiger partial charge in [-0.2, -0.15) is 0 Å². The molecule has 7 nitrogen and oxygen atoms in total. The second kappa shape index (κ2) is 15.7. The van der Waals surface area contributed by atoms with Crippen molar-refractivity contribution in [2.24, 2.45) is 0 Å². The third kappa shape index (κ3) is 6.70. The van der Waals surface area contributed by atoms with Crippen LogP contribution in [0.1, 0.15) is 16.0 Å². The minimum absolute atomic E-state index is 0.495. The van der Waals surface area contributed by atoms with Crippen LogP contribution >= 0.6 is 11.3 Å². The summed E-state index contributed by atoms with van der Waals surface area (Å²) in [5.41, 5.74) is 17.2. The molecule has 4 aromatic heterocycles. The zero-order valence-corrected chi connectivity index (χ0v) is 35.0. The molecule has 0 aliphatic carbocycles. The maximum Gasteiger partial charge on any atom is 0.164 e.